The molecule has 85 heavy (non-hydrogen) atoms. The molecule has 0 saturated heterocycles. The molecule has 0 atom stereocenters. The second kappa shape index (κ2) is 49.6. The Labute approximate surface area is 526 Å². The average Bonchev–Trinajstić information content (AvgIpc) is 4.55. The third-order valence-corrected chi connectivity index (χ3v) is 16.2. The molecule has 1 saturated carbocycles. The summed E-state index contributed by atoms with van der Waals surface area (Å²) in [6.45, 7) is 0. The molecule has 8 aromatic heterocycles. The van der Waals surface area contributed by atoms with Crippen molar-refractivity contribution in [3.63, 3.8) is 0 Å². The molecule has 438 valence electrons. The van der Waals surface area contributed by atoms with E-state index in [1.54, 1.807) is 87.8 Å². The summed E-state index contributed by atoms with van der Waals surface area (Å²) in [5.41, 5.74) is 2.97. The smallest absolute Gasteiger partial charge is 0.0902 e. The SMILES string of the molecule is C1=CCCC1.C1=CCCCC1.C1=CN=CC1.C1CCCCC1.c1cc2sccc2s1.c1cc[nH]c1.c1ccc2ccccc2c1.c1ccc2sccc2c1.c1ccc2scnc2c1.c1ccccc1.c1ccncc1.c1ccoc1.c1ccsc1. The van der Waals surface area contributed by atoms with Gasteiger partial charge in [0.25, 0.3) is 0 Å². The van der Waals surface area contributed by atoms with Crippen molar-refractivity contribution in [2.75, 3.05) is 0 Å². The Balaban J connectivity index is 0.000000170. The predicted molar refractivity (Wildman–Crippen MR) is 380 cm³/mol. The number of nitrogens with one attached hydrogen (secondary N) is 1. The largest absolute Gasteiger partial charge is 0.473 e. The first-order chi connectivity index (χ1) is 42.4. The van der Waals surface area contributed by atoms with Crippen molar-refractivity contribution in [3.8, 4) is 0 Å². The second-order valence-electron chi connectivity index (χ2n) is 18.6. The average molecular weight is 1220 g/mol. The molecule has 1 aliphatic heterocycles. The molecule has 1 fully saturated rings. The highest BCUT2D eigenvalue weighted by molar-refractivity contribution is 7.25. The number of H-pyrrole nitrogens is 1. The van der Waals surface area contributed by atoms with E-state index in [0.29, 0.717) is 0 Å². The summed E-state index contributed by atoms with van der Waals surface area (Å²) < 4.78 is 10.0. The third-order valence-electron chi connectivity index (χ3n) is 12.0. The lowest BCUT2D eigenvalue weighted by Crippen LogP contribution is -1.85. The minimum absolute atomic E-state index is 1.03. The van der Waals surface area contributed by atoms with Gasteiger partial charge in [0.2, 0.25) is 0 Å². The van der Waals surface area contributed by atoms with Gasteiger partial charge in [0.05, 0.1) is 28.3 Å². The van der Waals surface area contributed by atoms with Crippen molar-refractivity contribution in [1.29, 1.82) is 0 Å². The molecule has 3 aliphatic carbocycles. The Morgan fingerprint density at radius 2 is 0.824 bits per heavy atom. The monoisotopic (exact) mass is 1210 g/mol. The molecule has 0 radical (unpaired) electrons. The fraction of sp³-hybridized carbons (Fsp3) is 0.187. The molecule has 4 aliphatic rings. The zero-order valence-corrected chi connectivity index (χ0v) is 52.9. The van der Waals surface area contributed by atoms with Gasteiger partial charge in [0, 0.05) is 57.7 Å². The summed E-state index contributed by atoms with van der Waals surface area (Å²) in [4.78, 5) is 14.6. The van der Waals surface area contributed by atoms with E-state index >= 15 is 0 Å². The van der Waals surface area contributed by atoms with E-state index < -0.39 is 0 Å². The summed E-state index contributed by atoms with van der Waals surface area (Å²) in [5, 5.41) is 14.4. The Morgan fingerprint density at radius 3 is 1.18 bits per heavy atom. The van der Waals surface area contributed by atoms with Gasteiger partial charge in [-0.15, -0.1) is 45.3 Å². The van der Waals surface area contributed by atoms with Crippen molar-refractivity contribution in [3.05, 3.63) is 313 Å². The number of aromatic nitrogens is 3. The lowest BCUT2D eigenvalue weighted by atomic mass is 10.0. The molecule has 13 aromatic rings. The predicted octanol–water partition coefficient (Wildman–Crippen LogP) is 25.0. The van der Waals surface area contributed by atoms with Crippen molar-refractivity contribution in [1.82, 2.24) is 15.0 Å². The van der Waals surface area contributed by atoms with Gasteiger partial charge in [-0.1, -0.05) is 202 Å². The first-order valence-electron chi connectivity index (χ1n) is 29.3. The minimum atomic E-state index is 1.03. The van der Waals surface area contributed by atoms with Gasteiger partial charge in [-0.2, -0.15) is 11.3 Å². The molecule has 5 nitrogen and oxygen atoms in total. The molecule has 0 amide bonds. The van der Waals surface area contributed by atoms with Crippen LogP contribution in [0.1, 0.15) is 89.9 Å². The van der Waals surface area contributed by atoms with Gasteiger partial charge in [-0.25, -0.2) is 4.98 Å². The lowest BCUT2D eigenvalue weighted by molar-refractivity contribution is 0.504. The summed E-state index contributed by atoms with van der Waals surface area (Å²) in [7, 11) is 0. The molecule has 10 heteroatoms. The quantitative estimate of drug-likeness (QED) is 0.154. The van der Waals surface area contributed by atoms with E-state index in [2.05, 4.69) is 162 Å². The van der Waals surface area contributed by atoms with Crippen LogP contribution < -0.4 is 0 Å². The Morgan fingerprint density at radius 1 is 0.353 bits per heavy atom. The number of aliphatic imine (C=N–C) groups is 1. The van der Waals surface area contributed by atoms with Gasteiger partial charge in [-0.3, -0.25) is 9.98 Å². The van der Waals surface area contributed by atoms with Crippen LogP contribution in [0.25, 0.3) is 40.5 Å². The van der Waals surface area contributed by atoms with Crippen LogP contribution in [0, 0.1) is 0 Å². The van der Waals surface area contributed by atoms with Crippen molar-refractivity contribution in [2.24, 2.45) is 4.99 Å². The number of hydrogen-bond donors (Lipinski definition) is 1. The first-order valence-corrected chi connectivity index (χ1v) is 33.7. The highest BCUT2D eigenvalue weighted by Crippen LogP contribution is 2.25. The fourth-order valence-corrected chi connectivity index (χ4v) is 11.4. The van der Waals surface area contributed by atoms with E-state index in [4.69, 9.17) is 0 Å². The van der Waals surface area contributed by atoms with Crippen molar-refractivity contribution in [2.45, 2.75) is 89.9 Å². The topological polar surface area (TPSA) is 67.1 Å². The highest BCUT2D eigenvalue weighted by atomic mass is 32.1. The zero-order chi connectivity index (χ0) is 59.1. The summed E-state index contributed by atoms with van der Waals surface area (Å²) in [6.07, 6.45) is 44.7. The third kappa shape index (κ3) is 35.2. The van der Waals surface area contributed by atoms with Crippen LogP contribution in [0.2, 0.25) is 0 Å². The molecule has 9 heterocycles. The van der Waals surface area contributed by atoms with Crippen LogP contribution in [-0.2, 0) is 0 Å². The lowest BCUT2D eigenvalue weighted by Gasteiger charge is -2.05. The summed E-state index contributed by atoms with van der Waals surface area (Å²) >= 11 is 8.79. The number of allylic oxidation sites excluding steroid dienone is 5. The maximum atomic E-state index is 4.58. The number of aromatic amines is 1. The normalized spacial score (nSPS) is 12.3. The van der Waals surface area contributed by atoms with Gasteiger partial charge in [0.1, 0.15) is 0 Å². The maximum Gasteiger partial charge on any atom is 0.0902 e. The number of thiazole rings is 1. The van der Waals surface area contributed by atoms with Crippen LogP contribution in [-0.4, -0.2) is 21.2 Å². The second-order valence-corrected chi connectivity index (χ2v) is 23.1. The fourth-order valence-electron chi connectivity index (χ4n) is 7.68. The molecule has 0 bridgehead atoms. The number of hydrogen-bond acceptors (Lipinski definition) is 9. The number of rotatable bonds is 0. The van der Waals surface area contributed by atoms with Gasteiger partial charge < -0.3 is 9.40 Å². The van der Waals surface area contributed by atoms with Gasteiger partial charge in [0.15, 0.2) is 0 Å². The zero-order valence-electron chi connectivity index (χ0n) is 48.8. The summed E-state index contributed by atoms with van der Waals surface area (Å²) in [5.74, 6) is 0. The molecule has 0 spiro atoms. The van der Waals surface area contributed by atoms with Crippen LogP contribution in [0.5, 0.6) is 0 Å². The van der Waals surface area contributed by atoms with Crippen LogP contribution in [0.3, 0.4) is 0 Å². The van der Waals surface area contributed by atoms with Crippen molar-refractivity contribution >= 4 is 103 Å². The molecule has 1 N–H and O–H groups in total. The Kier molecular flexibility index (Phi) is 39.6. The van der Waals surface area contributed by atoms with Crippen LogP contribution in [0.4, 0.5) is 0 Å². The number of fused-ring (bicyclic) bond motifs is 4. The molecule has 0 unspecified atom stereocenters. The van der Waals surface area contributed by atoms with Crippen LogP contribution in [0.15, 0.2) is 322 Å². The van der Waals surface area contributed by atoms with Crippen molar-refractivity contribution < 1.29 is 4.42 Å². The van der Waals surface area contributed by atoms with Gasteiger partial charge in [-0.05, 0) is 161 Å². The van der Waals surface area contributed by atoms with E-state index in [9.17, 15) is 0 Å². The van der Waals surface area contributed by atoms with E-state index in [1.165, 1.54) is 118 Å². The molecular weight excluding hydrogens is 1130 g/mol. The maximum absolute atomic E-state index is 4.58. The number of pyridine rings is 1. The molecular formula is C75H82N4OS5. The number of thiophene rings is 4. The number of benzene rings is 5. The number of nitrogens with zero attached hydrogens (tertiary/aromatic N) is 3. The Hall–Kier alpha value is -7.83. The van der Waals surface area contributed by atoms with E-state index in [1.807, 2.05) is 150 Å². The minimum Gasteiger partial charge on any atom is -0.473 e. The standard InChI is InChI=1S/C10H8.C8H6S.C7H5NS.C6H4S2.C6H12.C6H10.C6H6.C5H5N.C5H8.2C4H5N.C4H4O.C4H4S/c1-2-6-10-8-4-3-7-9(10)5-1;1-2-4-8-7(3-1)5-6-9-8;1-2-4-7-6(3-1)8-5-9-7;1-3-7-6-2-4-8-5(1)6;4*1-2-4-6-5-3-1;5*1-2-4-5-3-1/h1-8H;1-6H;1-5H;1-4H;1-6H2;1-2H,3-6H2;1-6H;1-5H;1-2H,3-5H2;1,3-4H,2H2;1-5H;2*1-4H. The number of para-hydroxylation sites is 1. The van der Waals surface area contributed by atoms with Crippen LogP contribution >= 0.6 is 56.7 Å². The first kappa shape index (κ1) is 68.0. The molecule has 5 aromatic carbocycles. The van der Waals surface area contributed by atoms with E-state index in [0.717, 1.165) is 11.9 Å². The highest BCUT2D eigenvalue weighted by Gasteiger charge is 1.96. The number of furan rings is 1. The molecule has 17 rings (SSSR count). The summed E-state index contributed by atoms with van der Waals surface area (Å²) in [6, 6.07) is 69.0. The van der Waals surface area contributed by atoms with E-state index in [-0.39, 0.29) is 0 Å². The van der Waals surface area contributed by atoms with Gasteiger partial charge >= 0.3 is 0 Å². The Bertz CT molecular complexity index is 3060.